The lowest BCUT2D eigenvalue weighted by Crippen LogP contribution is -2.16. The van der Waals surface area contributed by atoms with Crippen LogP contribution >= 0.6 is 15.9 Å². The van der Waals surface area contributed by atoms with Gasteiger partial charge in [0.1, 0.15) is 5.69 Å². The quantitative estimate of drug-likeness (QED) is 0.933. The Labute approximate surface area is 125 Å². The summed E-state index contributed by atoms with van der Waals surface area (Å²) in [4.78, 5) is 16.4. The Bertz CT molecular complexity index is 632. The molecule has 0 aromatic carbocycles. The first-order valence-corrected chi connectivity index (χ1v) is 7.15. The van der Waals surface area contributed by atoms with Crippen molar-refractivity contribution in [2.45, 2.75) is 18.9 Å². The number of pyridine rings is 1. The lowest BCUT2D eigenvalue weighted by Gasteiger charge is -2.08. The molecule has 0 unspecified atom stereocenters. The summed E-state index contributed by atoms with van der Waals surface area (Å²) in [6, 6.07) is 5.77. The molecule has 1 aliphatic carbocycles. The van der Waals surface area contributed by atoms with E-state index in [4.69, 9.17) is 4.74 Å². The van der Waals surface area contributed by atoms with Crippen LogP contribution in [0.25, 0.3) is 0 Å². The van der Waals surface area contributed by atoms with Gasteiger partial charge in [-0.15, -0.1) is 0 Å². The molecule has 1 amide bonds. The number of nitrogens with zero attached hydrogens (tertiary/aromatic N) is 2. The van der Waals surface area contributed by atoms with Crippen LogP contribution in [0.3, 0.4) is 0 Å². The highest BCUT2D eigenvalue weighted by Crippen LogP contribution is 2.37. The topological polar surface area (TPSA) is 56.1 Å². The second-order valence-electron chi connectivity index (χ2n) is 4.73. The van der Waals surface area contributed by atoms with Gasteiger partial charge in [-0.1, -0.05) is 0 Å². The maximum absolute atomic E-state index is 12.3. The molecule has 0 saturated heterocycles. The van der Waals surface area contributed by atoms with E-state index in [1.807, 2.05) is 16.8 Å². The summed E-state index contributed by atoms with van der Waals surface area (Å²) in [6.07, 6.45) is 5.80. The smallest absolute Gasteiger partial charge is 0.272 e. The highest BCUT2D eigenvalue weighted by Gasteiger charge is 2.27. The van der Waals surface area contributed by atoms with Gasteiger partial charge in [-0.25, -0.2) is 4.98 Å². The van der Waals surface area contributed by atoms with Crippen molar-refractivity contribution in [1.82, 2.24) is 9.55 Å². The van der Waals surface area contributed by atoms with Crippen molar-refractivity contribution >= 4 is 27.5 Å². The highest BCUT2D eigenvalue weighted by atomic mass is 79.9. The number of nitrogens with one attached hydrogen (secondary N) is 1. The Hall–Kier alpha value is -1.82. The Morgan fingerprint density at radius 2 is 2.30 bits per heavy atom. The number of hydrogen-bond donors (Lipinski definition) is 1. The first-order chi connectivity index (χ1) is 9.67. The number of halogens is 1. The van der Waals surface area contributed by atoms with E-state index >= 15 is 0 Å². The number of aromatic nitrogens is 2. The summed E-state index contributed by atoms with van der Waals surface area (Å²) >= 11 is 3.42. The van der Waals surface area contributed by atoms with Crippen LogP contribution in [0, 0.1) is 0 Å². The van der Waals surface area contributed by atoms with Crippen molar-refractivity contribution in [2.24, 2.45) is 0 Å². The normalized spacial score (nSPS) is 14.1. The third-order valence-corrected chi connectivity index (χ3v) is 3.63. The standard InChI is InChI=1S/C14H14BrN3O2/c1-20-13-5-2-10(7-16-13)17-14(19)12-6-9(15)8-18(12)11-3-4-11/h2,5-8,11H,3-4H2,1H3,(H,17,19). The number of hydrogen-bond acceptors (Lipinski definition) is 3. The molecule has 2 aromatic heterocycles. The fourth-order valence-electron chi connectivity index (χ4n) is 2.05. The number of amides is 1. The molecule has 5 nitrogen and oxygen atoms in total. The van der Waals surface area contributed by atoms with Gasteiger partial charge < -0.3 is 14.6 Å². The van der Waals surface area contributed by atoms with E-state index < -0.39 is 0 Å². The van der Waals surface area contributed by atoms with E-state index in [2.05, 4.69) is 26.2 Å². The molecule has 20 heavy (non-hydrogen) atoms. The molecule has 2 aromatic rings. The molecule has 3 rings (SSSR count). The number of rotatable bonds is 4. The molecule has 0 aliphatic heterocycles. The average Bonchev–Trinajstić information content (AvgIpc) is 3.22. The predicted octanol–water partition coefficient (Wildman–Crippen LogP) is 3.24. The van der Waals surface area contributed by atoms with Gasteiger partial charge in [-0.05, 0) is 40.9 Å². The van der Waals surface area contributed by atoms with Gasteiger partial charge in [0.15, 0.2) is 0 Å². The molecule has 104 valence electrons. The average molecular weight is 336 g/mol. The predicted molar refractivity (Wildman–Crippen MR) is 79.1 cm³/mol. The van der Waals surface area contributed by atoms with Crippen LogP contribution < -0.4 is 10.1 Å². The Kier molecular flexibility index (Phi) is 3.48. The van der Waals surface area contributed by atoms with E-state index in [0.29, 0.717) is 23.3 Å². The summed E-state index contributed by atoms with van der Waals surface area (Å²) < 4.78 is 7.93. The number of methoxy groups -OCH3 is 1. The monoisotopic (exact) mass is 335 g/mol. The molecular weight excluding hydrogens is 322 g/mol. The van der Waals surface area contributed by atoms with Crippen molar-refractivity contribution in [3.8, 4) is 5.88 Å². The molecule has 1 fully saturated rings. The maximum atomic E-state index is 12.3. The van der Waals surface area contributed by atoms with Gasteiger partial charge in [0, 0.05) is 22.8 Å². The Morgan fingerprint density at radius 1 is 1.50 bits per heavy atom. The van der Waals surface area contributed by atoms with Crippen molar-refractivity contribution < 1.29 is 9.53 Å². The highest BCUT2D eigenvalue weighted by molar-refractivity contribution is 9.10. The molecule has 0 radical (unpaired) electrons. The molecule has 1 saturated carbocycles. The summed E-state index contributed by atoms with van der Waals surface area (Å²) in [7, 11) is 1.56. The molecule has 0 spiro atoms. The van der Waals surface area contributed by atoms with Gasteiger partial charge in [-0.3, -0.25) is 4.79 Å². The van der Waals surface area contributed by atoms with Crippen molar-refractivity contribution in [1.29, 1.82) is 0 Å². The Balaban J connectivity index is 1.78. The molecule has 1 aliphatic rings. The summed E-state index contributed by atoms with van der Waals surface area (Å²) in [5, 5.41) is 2.85. The van der Waals surface area contributed by atoms with Gasteiger partial charge in [0.05, 0.1) is 19.0 Å². The number of ether oxygens (including phenoxy) is 1. The molecule has 1 N–H and O–H groups in total. The van der Waals surface area contributed by atoms with Crippen molar-refractivity contribution in [3.05, 3.63) is 40.8 Å². The molecule has 6 heteroatoms. The number of anilines is 1. The van der Waals surface area contributed by atoms with E-state index in [-0.39, 0.29) is 5.91 Å². The van der Waals surface area contributed by atoms with Crippen LogP contribution in [0.2, 0.25) is 0 Å². The lowest BCUT2D eigenvalue weighted by atomic mass is 10.3. The number of carbonyl (C=O) groups is 1. The minimum atomic E-state index is -0.130. The number of carbonyl (C=O) groups excluding carboxylic acids is 1. The van der Waals surface area contributed by atoms with Gasteiger partial charge >= 0.3 is 0 Å². The maximum Gasteiger partial charge on any atom is 0.272 e. The third-order valence-electron chi connectivity index (χ3n) is 3.19. The lowest BCUT2D eigenvalue weighted by molar-refractivity contribution is 0.101. The van der Waals surface area contributed by atoms with Crippen molar-refractivity contribution in [2.75, 3.05) is 12.4 Å². The SMILES string of the molecule is COc1ccc(NC(=O)c2cc(Br)cn2C2CC2)cn1. The fraction of sp³-hybridized carbons (Fsp3) is 0.286. The molecule has 0 atom stereocenters. The zero-order valence-corrected chi connectivity index (χ0v) is 12.6. The van der Waals surface area contributed by atoms with Crippen molar-refractivity contribution in [3.63, 3.8) is 0 Å². The van der Waals surface area contributed by atoms with Crippen LogP contribution in [0.15, 0.2) is 35.1 Å². The third kappa shape index (κ3) is 2.70. The van der Waals surface area contributed by atoms with Crippen LogP contribution in [-0.2, 0) is 0 Å². The van der Waals surface area contributed by atoms with E-state index in [9.17, 15) is 4.79 Å². The second-order valence-corrected chi connectivity index (χ2v) is 5.64. The Morgan fingerprint density at radius 3 is 2.90 bits per heavy atom. The minimum Gasteiger partial charge on any atom is -0.481 e. The molecule has 2 heterocycles. The summed E-state index contributed by atoms with van der Waals surface area (Å²) in [5.41, 5.74) is 1.31. The van der Waals surface area contributed by atoms with Crippen LogP contribution in [0.1, 0.15) is 29.4 Å². The zero-order valence-electron chi connectivity index (χ0n) is 11.0. The van der Waals surface area contributed by atoms with E-state index in [1.54, 1.807) is 25.4 Å². The first-order valence-electron chi connectivity index (χ1n) is 6.36. The van der Waals surface area contributed by atoms with Gasteiger partial charge in [-0.2, -0.15) is 0 Å². The molecular formula is C14H14BrN3O2. The summed E-state index contributed by atoms with van der Waals surface area (Å²) in [6.45, 7) is 0. The zero-order chi connectivity index (χ0) is 14.1. The second kappa shape index (κ2) is 5.28. The van der Waals surface area contributed by atoms with E-state index in [0.717, 1.165) is 17.3 Å². The van der Waals surface area contributed by atoms with Crippen LogP contribution in [-0.4, -0.2) is 22.6 Å². The van der Waals surface area contributed by atoms with Crippen LogP contribution in [0.4, 0.5) is 5.69 Å². The van der Waals surface area contributed by atoms with E-state index in [1.165, 1.54) is 0 Å². The van der Waals surface area contributed by atoms with Gasteiger partial charge in [0.2, 0.25) is 5.88 Å². The largest absolute Gasteiger partial charge is 0.481 e. The van der Waals surface area contributed by atoms with Crippen LogP contribution in [0.5, 0.6) is 5.88 Å². The minimum absolute atomic E-state index is 0.130. The van der Waals surface area contributed by atoms with Gasteiger partial charge in [0.25, 0.3) is 5.91 Å². The summed E-state index contributed by atoms with van der Waals surface area (Å²) in [5.74, 6) is 0.390. The molecule has 0 bridgehead atoms. The first kappa shape index (κ1) is 13.2. The fourth-order valence-corrected chi connectivity index (χ4v) is 2.49.